The molecule has 0 radical (unpaired) electrons. The van der Waals surface area contributed by atoms with Crippen molar-refractivity contribution in [1.82, 2.24) is 16.0 Å². The van der Waals surface area contributed by atoms with Gasteiger partial charge >= 0.3 is 5.97 Å². The number of quaternary nitrogens is 1. The molecule has 1 fully saturated rings. The van der Waals surface area contributed by atoms with Crippen LogP contribution >= 0.6 is 23.2 Å². The summed E-state index contributed by atoms with van der Waals surface area (Å²) in [6, 6.07) is 10.3. The molecule has 2 atom stereocenters. The number of likely N-dealkylation sites (N-methyl/N-ethyl adjacent to an activating group) is 1. The molecule has 1 aliphatic rings. The van der Waals surface area contributed by atoms with Crippen LogP contribution in [0.4, 0.5) is 5.69 Å². The molecule has 4 amide bonds. The maximum Gasteiger partial charge on any atom is 0.326 e. The fourth-order valence-corrected chi connectivity index (χ4v) is 14.8. The monoisotopic (exact) mass is 1650 g/mol. The normalized spacial score (nSPS) is 13.4. The summed E-state index contributed by atoms with van der Waals surface area (Å²) in [4.78, 5) is 64.1. The number of halogens is 2. The van der Waals surface area contributed by atoms with Crippen molar-refractivity contribution < 1.29 is 85.7 Å². The van der Waals surface area contributed by atoms with E-state index in [1.807, 2.05) is 0 Å². The number of nitrogens with one attached hydrogen (secondary N) is 4. The van der Waals surface area contributed by atoms with E-state index < -0.39 is 23.3 Å². The highest BCUT2D eigenvalue weighted by Gasteiger charge is 2.42. The van der Waals surface area contributed by atoms with Gasteiger partial charge in [0.05, 0.1) is 167 Å². The number of amides is 4. The Hall–Kier alpha value is -4.11. The van der Waals surface area contributed by atoms with Crippen LogP contribution in [0.1, 0.15) is 287 Å². The minimum absolute atomic E-state index is 0.00126. The second-order valence-electron chi connectivity index (χ2n) is 31.6. The maximum absolute atomic E-state index is 13.7. The third-order valence-electron chi connectivity index (χ3n) is 21.1. The molecule has 2 aromatic rings. The van der Waals surface area contributed by atoms with Crippen molar-refractivity contribution in [3.63, 3.8) is 0 Å². The second-order valence-corrected chi connectivity index (χ2v) is 32.4. The van der Waals surface area contributed by atoms with Crippen LogP contribution < -0.4 is 21.3 Å². The third kappa shape index (κ3) is 57.9. The molecule has 114 heavy (non-hydrogen) atoms. The first-order valence-electron chi connectivity index (χ1n) is 44.8. The number of nitrogens with zero attached hydrogens (tertiary/aromatic N) is 1. The summed E-state index contributed by atoms with van der Waals surface area (Å²) < 4.78 is 64.1. The molecule has 658 valence electrons. The average Bonchev–Trinajstić information content (AvgIpc) is 1.57. The van der Waals surface area contributed by atoms with Crippen LogP contribution in [0.15, 0.2) is 42.5 Å². The van der Waals surface area contributed by atoms with Crippen molar-refractivity contribution in [3.05, 3.63) is 63.6 Å². The summed E-state index contributed by atoms with van der Waals surface area (Å²) in [5.74, 6) is -2.19. The Balaban J connectivity index is 1.08. The largest absolute Gasteiger partial charge is 0.480 e. The fourth-order valence-electron chi connectivity index (χ4n) is 14.2. The zero-order chi connectivity index (χ0) is 82.2. The lowest BCUT2D eigenvalue weighted by Gasteiger charge is -2.33. The van der Waals surface area contributed by atoms with Crippen LogP contribution in [0.25, 0.3) is 0 Å². The van der Waals surface area contributed by atoms with E-state index in [2.05, 4.69) is 49.2 Å². The maximum atomic E-state index is 13.7. The highest BCUT2D eigenvalue weighted by molar-refractivity contribution is 6.40. The van der Waals surface area contributed by atoms with E-state index in [-0.39, 0.29) is 65.4 Å². The molecule has 1 saturated carbocycles. The molecule has 0 aliphatic heterocycles. The van der Waals surface area contributed by atoms with Crippen molar-refractivity contribution >= 4 is 58.5 Å². The predicted molar refractivity (Wildman–Crippen MR) is 458 cm³/mol. The molecule has 1 unspecified atom stereocenters. The Kier molecular flexibility index (Phi) is 66.5. The molecule has 1 aliphatic carbocycles. The van der Waals surface area contributed by atoms with Gasteiger partial charge in [-0.15, -0.1) is 0 Å². The van der Waals surface area contributed by atoms with Crippen LogP contribution in [0.2, 0.25) is 10.0 Å². The Morgan fingerprint density at radius 2 is 0.798 bits per heavy atom. The van der Waals surface area contributed by atoms with E-state index in [0.717, 1.165) is 62.9 Å². The Bertz CT molecular complexity index is 2620. The van der Waals surface area contributed by atoms with E-state index in [4.69, 9.17) is 75.3 Å². The van der Waals surface area contributed by atoms with Gasteiger partial charge in [0.25, 0.3) is 5.91 Å². The molecule has 24 heteroatoms. The smallest absolute Gasteiger partial charge is 0.326 e. The molecule has 5 N–H and O–H groups in total. The van der Waals surface area contributed by atoms with Crippen LogP contribution in [-0.4, -0.2) is 230 Å². The first-order chi connectivity index (χ1) is 55.7. The number of hydrogen-bond donors (Lipinski definition) is 5. The van der Waals surface area contributed by atoms with Gasteiger partial charge in [-0.25, -0.2) is 4.79 Å². The minimum atomic E-state index is -1.18. The Morgan fingerprint density at radius 3 is 1.18 bits per heavy atom. The number of carboxylic acids is 1. The Labute approximate surface area is 699 Å². The molecule has 0 aromatic heterocycles. The number of aliphatic carboxylic acids is 1. The van der Waals surface area contributed by atoms with Crippen LogP contribution in [-0.2, 0) is 77.7 Å². The number of anilines is 1. The highest BCUT2D eigenvalue weighted by atomic mass is 35.5. The van der Waals surface area contributed by atoms with Crippen LogP contribution in [0.5, 0.6) is 0 Å². The predicted octanol–water partition coefficient (Wildman–Crippen LogP) is 17.9. The quantitative estimate of drug-likeness (QED) is 0.0305. The molecular formula is C90H158Cl2N5O17+. The van der Waals surface area contributed by atoms with Crippen molar-refractivity contribution in [3.8, 4) is 0 Å². The second kappa shape index (κ2) is 72.9. The SMILES string of the molecule is CCCCCCCCCCCCCCCCCCOCC(C[N+](C)(C)CCCNC(=O)CCOCCOCCOCCOCCOCCOCCOCCOCCOCCC(=O)NCCC1(C(=O)N[C@@H](Cc2ccc(NC(=O)c3c(Cl)cccc3Cl)cc2)C(=O)O)CCCC1)OCCCCCCCCCCCCCCCCCC. The van der Waals surface area contributed by atoms with E-state index in [1.54, 1.807) is 42.5 Å². The number of benzene rings is 2. The number of carbonyl (C=O) groups is 5. The molecular weight excluding hydrogens is 1490 g/mol. The van der Waals surface area contributed by atoms with Crippen molar-refractivity contribution in [2.24, 2.45) is 5.41 Å². The van der Waals surface area contributed by atoms with Gasteiger partial charge in [0.15, 0.2) is 0 Å². The van der Waals surface area contributed by atoms with Gasteiger partial charge in [-0.2, -0.15) is 0 Å². The summed E-state index contributed by atoms with van der Waals surface area (Å²) in [6.45, 7) is 16.8. The first kappa shape index (κ1) is 104. The summed E-state index contributed by atoms with van der Waals surface area (Å²) in [7, 11) is 4.54. The van der Waals surface area contributed by atoms with Crippen LogP contribution in [0, 0.1) is 5.41 Å². The van der Waals surface area contributed by atoms with Crippen LogP contribution in [0.3, 0.4) is 0 Å². The lowest BCUT2D eigenvalue weighted by atomic mass is 9.81. The number of unbranched alkanes of at least 4 members (excludes halogenated alkanes) is 30. The molecule has 0 saturated heterocycles. The Morgan fingerprint density at radius 1 is 0.439 bits per heavy atom. The van der Waals surface area contributed by atoms with E-state index in [9.17, 15) is 29.1 Å². The van der Waals surface area contributed by atoms with Crippen molar-refractivity contribution in [2.75, 3.05) is 184 Å². The average molecular weight is 1650 g/mol. The van der Waals surface area contributed by atoms with Crippen molar-refractivity contribution in [2.45, 2.75) is 289 Å². The number of carbonyl (C=O) groups excluding carboxylic acids is 4. The molecule has 0 spiro atoms. The minimum Gasteiger partial charge on any atom is -0.480 e. The molecule has 22 nitrogen and oxygen atoms in total. The highest BCUT2D eigenvalue weighted by Crippen LogP contribution is 2.41. The zero-order valence-corrected chi connectivity index (χ0v) is 73.1. The number of hydrogen-bond acceptors (Lipinski definition) is 16. The van der Waals surface area contributed by atoms with E-state index in [1.165, 1.54) is 193 Å². The lowest BCUT2D eigenvalue weighted by Crippen LogP contribution is -2.49. The molecule has 3 rings (SSSR count). The zero-order valence-electron chi connectivity index (χ0n) is 71.5. The van der Waals surface area contributed by atoms with Gasteiger partial charge in [0.2, 0.25) is 17.7 Å². The molecule has 0 bridgehead atoms. The molecule has 2 aromatic carbocycles. The number of rotatable bonds is 83. The van der Waals surface area contributed by atoms with E-state index in [0.29, 0.717) is 162 Å². The first-order valence-corrected chi connectivity index (χ1v) is 45.6. The van der Waals surface area contributed by atoms with Gasteiger partial charge in [0.1, 0.15) is 18.7 Å². The third-order valence-corrected chi connectivity index (χ3v) is 21.7. The lowest BCUT2D eigenvalue weighted by molar-refractivity contribution is -0.893. The number of carboxylic acid groups (broad SMARTS) is 1. The van der Waals surface area contributed by atoms with E-state index >= 15 is 0 Å². The summed E-state index contributed by atoms with van der Waals surface area (Å²) >= 11 is 12.4. The van der Waals surface area contributed by atoms with Gasteiger partial charge < -0.3 is 83.0 Å². The standard InChI is InChI=1S/C90H157Cl2N5O17/c1-5-7-9-11-13-15-17-19-21-23-25-27-29-31-33-37-55-113-77-80(114-56-38-34-32-30-28-26-24-22-20-18-16-14-12-10-8-6-2)76-97(3,4)54-40-52-93-84(98)47-57-104-59-61-106-63-65-108-67-69-110-71-73-112-74-72-111-70-68-109-66-64-107-62-60-105-58-48-85(99)94-53-51-90(49-35-36-50-90)89(103)96-83(88(101)102)75-78-43-45-79(46-44-78)95-87(100)86-81(91)41-39-42-82(86)92/h39,41-46,80,83H,5-38,40,47-77H2,1-4H3,(H4-,93,94,95,96,98,99,100,101,102,103)/p+1/t80?,83-/m0/s1. The fraction of sp³-hybridized carbons (Fsp3) is 0.811. The van der Waals surface area contributed by atoms with Gasteiger partial charge in [-0.05, 0) is 61.9 Å². The van der Waals surface area contributed by atoms with Gasteiger partial charge in [-0.1, -0.05) is 261 Å². The summed E-state index contributed by atoms with van der Waals surface area (Å²) in [5, 5.41) is 22.0. The van der Waals surface area contributed by atoms with Gasteiger partial charge in [-0.3, -0.25) is 19.2 Å². The summed E-state index contributed by atoms with van der Waals surface area (Å²) in [5.41, 5.74) is 0.468. The van der Waals surface area contributed by atoms with Crippen molar-refractivity contribution in [1.29, 1.82) is 0 Å². The molecule has 0 heterocycles. The number of ether oxygens (including phenoxy) is 11. The van der Waals surface area contributed by atoms with Gasteiger partial charge in [0, 0.05) is 57.7 Å². The topological polar surface area (TPSA) is 255 Å². The summed E-state index contributed by atoms with van der Waals surface area (Å²) in [6.07, 6.45) is 48.3.